The monoisotopic (exact) mass is 386 g/mol. The molecule has 1 aromatic rings. The van der Waals surface area contributed by atoms with Gasteiger partial charge in [-0.15, -0.1) is 0 Å². The number of nitrogens with zero attached hydrogens (tertiary/aromatic N) is 2. The van der Waals surface area contributed by atoms with Crippen LogP contribution in [0, 0.1) is 18.3 Å². The summed E-state index contributed by atoms with van der Waals surface area (Å²) >= 11 is 0. The average molecular weight is 386 g/mol. The lowest BCUT2D eigenvalue weighted by atomic mass is 9.90. The van der Waals surface area contributed by atoms with Gasteiger partial charge >= 0.3 is 0 Å². The minimum atomic E-state index is -0.234. The van der Waals surface area contributed by atoms with Gasteiger partial charge in [0.1, 0.15) is 24.0 Å². The van der Waals surface area contributed by atoms with Crippen LogP contribution in [-0.2, 0) is 14.3 Å². The van der Waals surface area contributed by atoms with Crippen molar-refractivity contribution >= 4 is 11.5 Å². The Labute approximate surface area is 167 Å². The number of rotatable bonds is 8. The van der Waals surface area contributed by atoms with E-state index in [1.807, 2.05) is 25.1 Å². The fraction of sp³-hybridized carbons (Fsp3) is 0.545. The Kier molecular flexibility index (Phi) is 7.61. The summed E-state index contributed by atoms with van der Waals surface area (Å²) in [5.41, 5.74) is 2.53. The van der Waals surface area contributed by atoms with Crippen molar-refractivity contribution < 1.29 is 19.0 Å². The summed E-state index contributed by atoms with van der Waals surface area (Å²) in [6, 6.07) is 7.88. The highest BCUT2D eigenvalue weighted by molar-refractivity contribution is 6.04. The van der Waals surface area contributed by atoms with Gasteiger partial charge in [-0.2, -0.15) is 5.26 Å². The number of ether oxygens (including phenoxy) is 3. The first-order chi connectivity index (χ1) is 13.3. The number of benzene rings is 1. The zero-order valence-electron chi connectivity index (χ0n) is 17.5. The number of likely N-dealkylation sites (tertiary alicyclic amines) is 1. The van der Waals surface area contributed by atoms with Crippen molar-refractivity contribution in [2.45, 2.75) is 39.2 Å². The molecule has 2 rings (SSSR count). The molecule has 1 aromatic carbocycles. The molecule has 1 heterocycles. The molecule has 0 bridgehead atoms. The molecular weight excluding hydrogens is 356 g/mol. The molecule has 6 nitrogen and oxygen atoms in total. The van der Waals surface area contributed by atoms with E-state index < -0.39 is 0 Å². The number of aryl methyl sites for hydroxylation is 1. The molecule has 0 spiro atoms. The zero-order valence-corrected chi connectivity index (χ0v) is 17.5. The summed E-state index contributed by atoms with van der Waals surface area (Å²) in [7, 11) is 3.36. The van der Waals surface area contributed by atoms with Crippen molar-refractivity contribution in [1.82, 2.24) is 4.90 Å². The van der Waals surface area contributed by atoms with Crippen molar-refractivity contribution in [2.24, 2.45) is 0 Å². The second kappa shape index (κ2) is 9.72. The Bertz CT molecular complexity index is 771. The van der Waals surface area contributed by atoms with E-state index in [2.05, 4.69) is 17.9 Å². The smallest absolute Gasteiger partial charge is 0.172 e. The van der Waals surface area contributed by atoms with Crippen LogP contribution >= 0.6 is 0 Å². The summed E-state index contributed by atoms with van der Waals surface area (Å²) in [5, 5.41) is 9.71. The first kappa shape index (κ1) is 21.9. The summed E-state index contributed by atoms with van der Waals surface area (Å²) in [6.07, 6.45) is 1.65. The van der Waals surface area contributed by atoms with Crippen LogP contribution in [0.1, 0.15) is 37.8 Å². The van der Waals surface area contributed by atoms with Gasteiger partial charge in [0.25, 0.3) is 0 Å². The van der Waals surface area contributed by atoms with Crippen LogP contribution in [0.25, 0.3) is 5.70 Å². The molecule has 0 aliphatic carbocycles. The highest BCUT2D eigenvalue weighted by Crippen LogP contribution is 2.34. The molecule has 28 heavy (non-hydrogen) atoms. The molecular formula is C22H30N2O4. The Morgan fingerprint density at radius 2 is 1.93 bits per heavy atom. The number of ketones is 1. The number of allylic oxidation sites excluding steroid dienone is 1. The first-order valence-corrected chi connectivity index (χ1v) is 9.53. The number of hydrogen-bond donors (Lipinski definition) is 0. The number of methoxy groups -OCH3 is 2. The number of carbonyl (C=O) groups excluding carboxylic acids is 1. The molecule has 1 aliphatic heterocycles. The van der Waals surface area contributed by atoms with Crippen molar-refractivity contribution in [3.63, 3.8) is 0 Å². The Hall–Kier alpha value is -2.36. The molecule has 0 unspecified atom stereocenters. The molecule has 1 aliphatic rings. The van der Waals surface area contributed by atoms with Gasteiger partial charge in [-0.05, 0) is 51.3 Å². The van der Waals surface area contributed by atoms with Gasteiger partial charge in [0.15, 0.2) is 5.78 Å². The highest BCUT2D eigenvalue weighted by Gasteiger charge is 2.32. The van der Waals surface area contributed by atoms with Gasteiger partial charge < -0.3 is 19.1 Å². The maximum absolute atomic E-state index is 12.2. The lowest BCUT2D eigenvalue weighted by Gasteiger charge is -2.41. The van der Waals surface area contributed by atoms with E-state index in [1.165, 1.54) is 6.92 Å². The van der Waals surface area contributed by atoms with Crippen molar-refractivity contribution in [2.75, 3.05) is 40.5 Å². The quantitative estimate of drug-likeness (QED) is 0.388. The molecule has 1 fully saturated rings. The molecule has 1 saturated heterocycles. The minimum absolute atomic E-state index is 0.176. The van der Waals surface area contributed by atoms with E-state index in [1.54, 1.807) is 14.2 Å². The predicted molar refractivity (Wildman–Crippen MR) is 108 cm³/mol. The van der Waals surface area contributed by atoms with Crippen LogP contribution in [0.5, 0.6) is 5.75 Å². The second-order valence-corrected chi connectivity index (χ2v) is 7.35. The van der Waals surface area contributed by atoms with E-state index >= 15 is 0 Å². The average Bonchev–Trinajstić information content (AvgIpc) is 2.68. The fourth-order valence-corrected chi connectivity index (χ4v) is 3.36. The third-order valence-corrected chi connectivity index (χ3v) is 5.35. The number of hydrogen-bond acceptors (Lipinski definition) is 6. The molecule has 0 N–H and O–H groups in total. The standard InChI is InChI=1S/C22H30N2O4/c1-16-6-7-18(28-13-12-26-4)14-19(16)21(20(15-23)17(2)25)24-10-8-22(3,27-5)9-11-24/h6-7,14H,8-13H2,1-5H3/b21-20+. The zero-order chi connectivity index (χ0) is 20.7. The van der Waals surface area contributed by atoms with Crippen molar-refractivity contribution in [3.8, 4) is 11.8 Å². The molecule has 0 radical (unpaired) electrons. The molecule has 0 atom stereocenters. The normalized spacial score (nSPS) is 16.9. The van der Waals surface area contributed by atoms with Crippen LogP contribution in [-0.4, -0.2) is 56.8 Å². The largest absolute Gasteiger partial charge is 0.491 e. The lowest BCUT2D eigenvalue weighted by molar-refractivity contribution is -0.113. The van der Waals surface area contributed by atoms with E-state index in [0.29, 0.717) is 37.7 Å². The molecule has 0 amide bonds. The summed E-state index contributed by atoms with van der Waals surface area (Å²) in [5.74, 6) is 0.456. The number of piperidine rings is 1. The van der Waals surface area contributed by atoms with Gasteiger partial charge in [-0.25, -0.2) is 0 Å². The molecule has 6 heteroatoms. The highest BCUT2D eigenvalue weighted by atomic mass is 16.5. The van der Waals surface area contributed by atoms with Crippen molar-refractivity contribution in [1.29, 1.82) is 5.26 Å². The first-order valence-electron chi connectivity index (χ1n) is 9.53. The van der Waals surface area contributed by atoms with Crippen LogP contribution in [0.3, 0.4) is 0 Å². The third kappa shape index (κ3) is 5.12. The van der Waals surface area contributed by atoms with Crippen molar-refractivity contribution in [3.05, 3.63) is 34.9 Å². The van der Waals surface area contributed by atoms with E-state index in [-0.39, 0.29) is 17.0 Å². The Morgan fingerprint density at radius 3 is 2.46 bits per heavy atom. The van der Waals surface area contributed by atoms with Gasteiger partial charge in [-0.1, -0.05) is 6.07 Å². The van der Waals surface area contributed by atoms with Gasteiger partial charge in [0.2, 0.25) is 0 Å². The fourth-order valence-electron chi connectivity index (χ4n) is 3.36. The minimum Gasteiger partial charge on any atom is -0.491 e. The SMILES string of the molecule is COCCOc1ccc(C)c(/C(=C(/C#N)C(C)=O)N2CCC(C)(OC)CC2)c1. The van der Waals surface area contributed by atoms with Crippen LogP contribution in [0.15, 0.2) is 23.8 Å². The predicted octanol–water partition coefficient (Wildman–Crippen LogP) is 3.34. The van der Waals surface area contributed by atoms with E-state index in [0.717, 1.165) is 24.0 Å². The van der Waals surface area contributed by atoms with Gasteiger partial charge in [0.05, 0.1) is 17.9 Å². The van der Waals surface area contributed by atoms with Crippen LogP contribution in [0.4, 0.5) is 0 Å². The maximum Gasteiger partial charge on any atom is 0.172 e. The number of Topliss-reactive ketones (excluding diaryl/α,β-unsaturated/α-hetero) is 1. The number of nitriles is 1. The topological polar surface area (TPSA) is 71.8 Å². The number of carbonyl (C=O) groups is 1. The second-order valence-electron chi connectivity index (χ2n) is 7.35. The summed E-state index contributed by atoms with van der Waals surface area (Å²) in [4.78, 5) is 14.4. The Morgan fingerprint density at radius 1 is 1.25 bits per heavy atom. The lowest BCUT2D eigenvalue weighted by Crippen LogP contribution is -2.43. The maximum atomic E-state index is 12.2. The van der Waals surface area contributed by atoms with E-state index in [4.69, 9.17) is 14.2 Å². The molecule has 0 saturated carbocycles. The van der Waals surface area contributed by atoms with Crippen LogP contribution in [0.2, 0.25) is 0 Å². The third-order valence-electron chi connectivity index (χ3n) is 5.35. The van der Waals surface area contributed by atoms with E-state index in [9.17, 15) is 10.1 Å². The molecule has 152 valence electrons. The summed E-state index contributed by atoms with van der Waals surface area (Å²) < 4.78 is 16.4. The summed E-state index contributed by atoms with van der Waals surface area (Å²) in [6.45, 7) is 7.87. The van der Waals surface area contributed by atoms with Gasteiger partial charge in [-0.3, -0.25) is 4.79 Å². The van der Waals surface area contributed by atoms with Crippen LogP contribution < -0.4 is 4.74 Å². The van der Waals surface area contributed by atoms with Gasteiger partial charge in [0, 0.05) is 32.9 Å². The molecule has 0 aromatic heterocycles. The Balaban J connectivity index is 2.46.